The van der Waals surface area contributed by atoms with Gasteiger partial charge in [0.1, 0.15) is 0 Å². The van der Waals surface area contributed by atoms with Crippen LogP contribution in [0.3, 0.4) is 0 Å². The molecule has 0 bridgehead atoms. The topological polar surface area (TPSA) is 86.7 Å². The zero-order chi connectivity index (χ0) is 15.8. The van der Waals surface area contributed by atoms with Crippen LogP contribution in [0.1, 0.15) is 33.1 Å². The number of thioether (sulfide) groups is 1. The lowest BCUT2D eigenvalue weighted by Gasteiger charge is -2.34. The highest BCUT2D eigenvalue weighted by Crippen LogP contribution is 2.19. The minimum Gasteiger partial charge on any atom is -0.481 e. The number of nitrogens with one attached hydrogen (secondary N) is 1. The van der Waals surface area contributed by atoms with Crippen LogP contribution in [0, 0.1) is 5.92 Å². The van der Waals surface area contributed by atoms with Crippen LogP contribution in [0.2, 0.25) is 0 Å². The first-order chi connectivity index (χ1) is 9.90. The maximum atomic E-state index is 12.1. The summed E-state index contributed by atoms with van der Waals surface area (Å²) in [6.45, 7) is 4.59. The molecule has 7 heteroatoms. The zero-order valence-electron chi connectivity index (χ0n) is 12.6. The van der Waals surface area contributed by atoms with E-state index < -0.39 is 5.97 Å². The van der Waals surface area contributed by atoms with Gasteiger partial charge in [0.05, 0.1) is 19.0 Å². The molecule has 120 valence electrons. The van der Waals surface area contributed by atoms with E-state index in [-0.39, 0.29) is 30.8 Å². The molecule has 1 heterocycles. The molecule has 1 rings (SSSR count). The average Bonchev–Trinajstić information content (AvgIpc) is 2.42. The molecule has 1 aliphatic rings. The van der Waals surface area contributed by atoms with E-state index in [1.165, 1.54) is 0 Å². The van der Waals surface area contributed by atoms with Crippen molar-refractivity contribution in [1.29, 1.82) is 0 Å². The molecule has 1 atom stereocenters. The van der Waals surface area contributed by atoms with Gasteiger partial charge in [0.2, 0.25) is 11.8 Å². The lowest BCUT2D eigenvalue weighted by Crippen LogP contribution is -2.50. The number of rotatable bonds is 7. The van der Waals surface area contributed by atoms with Gasteiger partial charge in [-0.25, -0.2) is 0 Å². The third-order valence-corrected chi connectivity index (χ3v) is 4.44. The summed E-state index contributed by atoms with van der Waals surface area (Å²) < 4.78 is 0. The van der Waals surface area contributed by atoms with Crippen molar-refractivity contribution >= 4 is 29.5 Å². The number of carbonyl (C=O) groups excluding carboxylic acids is 2. The van der Waals surface area contributed by atoms with E-state index in [1.54, 1.807) is 16.7 Å². The van der Waals surface area contributed by atoms with Gasteiger partial charge in [-0.2, -0.15) is 11.8 Å². The van der Waals surface area contributed by atoms with Crippen molar-refractivity contribution in [3.63, 3.8) is 0 Å². The largest absolute Gasteiger partial charge is 0.481 e. The fourth-order valence-corrected chi connectivity index (χ4v) is 3.20. The summed E-state index contributed by atoms with van der Waals surface area (Å²) in [6, 6.07) is -0.277. The standard InChI is InChI=1S/C14H24N2O4S/c1-10(2)3-4-12(17)15-8-13(18)16-5-6-21-9-11(16)7-14(19)20/h10-11H,3-9H2,1-2H3,(H,15,17)(H,19,20). The number of nitrogens with zero attached hydrogens (tertiary/aromatic N) is 1. The smallest absolute Gasteiger partial charge is 0.305 e. The Bertz CT molecular complexity index is 387. The number of hydrogen-bond donors (Lipinski definition) is 2. The van der Waals surface area contributed by atoms with E-state index in [0.717, 1.165) is 12.2 Å². The number of carboxylic acids is 1. The summed E-state index contributed by atoms with van der Waals surface area (Å²) >= 11 is 1.66. The summed E-state index contributed by atoms with van der Waals surface area (Å²) in [6.07, 6.45) is 1.17. The van der Waals surface area contributed by atoms with E-state index in [1.807, 2.05) is 13.8 Å². The molecule has 0 aromatic carbocycles. The van der Waals surface area contributed by atoms with Gasteiger partial charge in [-0.05, 0) is 12.3 Å². The Morgan fingerprint density at radius 2 is 2.10 bits per heavy atom. The molecule has 21 heavy (non-hydrogen) atoms. The van der Waals surface area contributed by atoms with Crippen LogP contribution in [0.15, 0.2) is 0 Å². The fourth-order valence-electron chi connectivity index (χ4n) is 2.14. The fraction of sp³-hybridized carbons (Fsp3) is 0.786. The summed E-state index contributed by atoms with van der Waals surface area (Å²) in [5, 5.41) is 11.5. The predicted octanol–water partition coefficient (Wildman–Crippen LogP) is 0.957. The molecule has 2 N–H and O–H groups in total. The SMILES string of the molecule is CC(C)CCC(=O)NCC(=O)N1CCSCC1CC(=O)O. The van der Waals surface area contributed by atoms with Crippen molar-refractivity contribution in [3.05, 3.63) is 0 Å². The number of carboxylic acid groups (broad SMARTS) is 1. The van der Waals surface area contributed by atoms with Gasteiger partial charge in [-0.1, -0.05) is 13.8 Å². The molecule has 0 aromatic rings. The van der Waals surface area contributed by atoms with Gasteiger partial charge in [0, 0.05) is 24.5 Å². The average molecular weight is 316 g/mol. The zero-order valence-corrected chi connectivity index (χ0v) is 13.4. The highest BCUT2D eigenvalue weighted by Gasteiger charge is 2.28. The molecule has 1 saturated heterocycles. The van der Waals surface area contributed by atoms with Crippen molar-refractivity contribution in [1.82, 2.24) is 10.2 Å². The lowest BCUT2D eigenvalue weighted by molar-refractivity contribution is -0.140. The van der Waals surface area contributed by atoms with Crippen LogP contribution in [-0.2, 0) is 14.4 Å². The van der Waals surface area contributed by atoms with E-state index in [4.69, 9.17) is 5.11 Å². The van der Waals surface area contributed by atoms with Crippen LogP contribution in [0.5, 0.6) is 0 Å². The maximum absolute atomic E-state index is 12.1. The van der Waals surface area contributed by atoms with Crippen LogP contribution in [-0.4, -0.2) is 58.4 Å². The maximum Gasteiger partial charge on any atom is 0.305 e. The van der Waals surface area contributed by atoms with E-state index in [2.05, 4.69) is 5.32 Å². The molecular weight excluding hydrogens is 292 g/mol. The Morgan fingerprint density at radius 1 is 1.38 bits per heavy atom. The van der Waals surface area contributed by atoms with Crippen molar-refractivity contribution in [2.45, 2.75) is 39.2 Å². The molecule has 0 radical (unpaired) electrons. The monoisotopic (exact) mass is 316 g/mol. The van der Waals surface area contributed by atoms with Gasteiger partial charge < -0.3 is 15.3 Å². The number of hydrogen-bond acceptors (Lipinski definition) is 4. The second-order valence-corrected chi connectivity index (χ2v) is 6.77. The van der Waals surface area contributed by atoms with Crippen molar-refractivity contribution in [2.75, 3.05) is 24.6 Å². The lowest BCUT2D eigenvalue weighted by atomic mass is 10.1. The number of aliphatic carboxylic acids is 1. The molecule has 0 spiro atoms. The highest BCUT2D eigenvalue weighted by molar-refractivity contribution is 7.99. The van der Waals surface area contributed by atoms with Crippen molar-refractivity contribution in [2.24, 2.45) is 5.92 Å². The molecule has 1 aliphatic heterocycles. The predicted molar refractivity (Wildman–Crippen MR) is 82.2 cm³/mol. The van der Waals surface area contributed by atoms with Crippen molar-refractivity contribution in [3.8, 4) is 0 Å². The molecule has 0 aromatic heterocycles. The third-order valence-electron chi connectivity index (χ3n) is 3.34. The van der Waals surface area contributed by atoms with Gasteiger partial charge in [0.25, 0.3) is 0 Å². The second-order valence-electron chi connectivity index (χ2n) is 5.62. The van der Waals surface area contributed by atoms with Crippen LogP contribution in [0.4, 0.5) is 0 Å². The molecule has 0 aliphatic carbocycles. The van der Waals surface area contributed by atoms with Gasteiger partial charge in [-0.3, -0.25) is 14.4 Å². The Morgan fingerprint density at radius 3 is 2.71 bits per heavy atom. The van der Waals surface area contributed by atoms with Crippen LogP contribution < -0.4 is 5.32 Å². The van der Waals surface area contributed by atoms with Crippen LogP contribution in [0.25, 0.3) is 0 Å². The third kappa shape index (κ3) is 6.84. The molecular formula is C14H24N2O4S. The summed E-state index contributed by atoms with van der Waals surface area (Å²) in [4.78, 5) is 36.2. The minimum atomic E-state index is -0.902. The van der Waals surface area contributed by atoms with Gasteiger partial charge in [0.15, 0.2) is 0 Å². The minimum absolute atomic E-state index is 0.0416. The molecule has 1 fully saturated rings. The highest BCUT2D eigenvalue weighted by atomic mass is 32.2. The molecule has 2 amide bonds. The quantitative estimate of drug-likeness (QED) is 0.730. The normalized spacial score (nSPS) is 18.6. The Kier molecular flexibility index (Phi) is 7.56. The van der Waals surface area contributed by atoms with E-state index >= 15 is 0 Å². The Labute approximate surface area is 129 Å². The first-order valence-electron chi connectivity index (χ1n) is 7.26. The summed E-state index contributed by atoms with van der Waals surface area (Å²) in [5.41, 5.74) is 0. The van der Waals surface area contributed by atoms with Gasteiger partial charge in [-0.15, -0.1) is 0 Å². The molecule has 0 saturated carbocycles. The van der Waals surface area contributed by atoms with Gasteiger partial charge >= 0.3 is 5.97 Å². The summed E-state index contributed by atoms with van der Waals surface area (Å²) in [5.74, 6) is 0.673. The van der Waals surface area contributed by atoms with E-state index in [9.17, 15) is 14.4 Å². The van der Waals surface area contributed by atoms with Crippen LogP contribution >= 0.6 is 11.8 Å². The Hall–Kier alpha value is -1.24. The number of carbonyl (C=O) groups is 3. The summed E-state index contributed by atoms with van der Waals surface area (Å²) in [7, 11) is 0. The Balaban J connectivity index is 2.41. The molecule has 6 nitrogen and oxygen atoms in total. The molecule has 1 unspecified atom stereocenters. The second kappa shape index (κ2) is 8.92. The van der Waals surface area contributed by atoms with Crippen molar-refractivity contribution < 1.29 is 19.5 Å². The first-order valence-corrected chi connectivity index (χ1v) is 8.41. The van der Waals surface area contributed by atoms with E-state index in [0.29, 0.717) is 24.6 Å². The first kappa shape index (κ1) is 17.8. The number of amides is 2.